The lowest BCUT2D eigenvalue weighted by Crippen LogP contribution is -2.36. The molecule has 1 aromatic carbocycles. The van der Waals surface area contributed by atoms with E-state index in [0.717, 1.165) is 36.9 Å². The van der Waals surface area contributed by atoms with Gasteiger partial charge in [-0.15, -0.1) is 11.3 Å². The number of nitrogens with one attached hydrogen (secondary N) is 2. The van der Waals surface area contributed by atoms with Crippen LogP contribution in [-0.4, -0.2) is 94.6 Å². The van der Waals surface area contributed by atoms with Crippen LogP contribution in [0.2, 0.25) is 0 Å². The summed E-state index contributed by atoms with van der Waals surface area (Å²) in [6, 6.07) is 5.57. The highest BCUT2D eigenvalue weighted by Gasteiger charge is 2.20. The largest absolute Gasteiger partial charge is 0.383 e. The molecule has 0 unspecified atom stereocenters. The predicted molar refractivity (Wildman–Crippen MR) is 130 cm³/mol. The fourth-order valence-electron chi connectivity index (χ4n) is 3.82. The molecule has 184 valence electrons. The summed E-state index contributed by atoms with van der Waals surface area (Å²) in [5, 5.41) is 8.27. The van der Waals surface area contributed by atoms with Crippen molar-refractivity contribution in [3.63, 3.8) is 0 Å². The second-order valence-electron chi connectivity index (χ2n) is 8.09. The van der Waals surface area contributed by atoms with Gasteiger partial charge in [-0.25, -0.2) is 4.98 Å². The normalized spacial score (nSPS) is 16.9. The van der Waals surface area contributed by atoms with Gasteiger partial charge in [-0.2, -0.15) is 0 Å². The Hall–Kier alpha value is -2.57. The molecule has 11 heteroatoms. The first-order valence-electron chi connectivity index (χ1n) is 11.4. The lowest BCUT2D eigenvalue weighted by molar-refractivity contribution is 0.0342. The van der Waals surface area contributed by atoms with Gasteiger partial charge in [0.2, 0.25) is 0 Å². The van der Waals surface area contributed by atoms with Crippen LogP contribution in [0.3, 0.4) is 0 Å². The number of hydrogen-bond acceptors (Lipinski definition) is 9. The summed E-state index contributed by atoms with van der Waals surface area (Å²) in [7, 11) is 1.58. The van der Waals surface area contributed by atoms with Crippen molar-refractivity contribution < 1.29 is 23.8 Å². The van der Waals surface area contributed by atoms with E-state index in [1.54, 1.807) is 18.6 Å². The summed E-state index contributed by atoms with van der Waals surface area (Å²) in [6.07, 6.45) is 0. The van der Waals surface area contributed by atoms with Gasteiger partial charge >= 0.3 is 0 Å². The Morgan fingerprint density at radius 1 is 1.09 bits per heavy atom. The standard InChI is InChI=1S/C23H31N5O5S/c1-31-9-4-24-21(29)18-14-17(15-27-5-10-32-11-6-27)2-3-19(18)25-22(30)20-16-34-23(26-20)28-7-12-33-13-8-28/h2-3,14,16H,4-13,15H2,1H3,(H,24,29)(H,25,30). The highest BCUT2D eigenvalue weighted by Crippen LogP contribution is 2.24. The van der Waals surface area contributed by atoms with Crippen molar-refractivity contribution in [3.8, 4) is 0 Å². The molecule has 2 amide bonds. The van der Waals surface area contributed by atoms with Crippen LogP contribution in [0, 0.1) is 0 Å². The van der Waals surface area contributed by atoms with Crippen molar-refractivity contribution in [2.45, 2.75) is 6.54 Å². The van der Waals surface area contributed by atoms with Gasteiger partial charge in [-0.3, -0.25) is 14.5 Å². The predicted octanol–water partition coefficient (Wildman–Crippen LogP) is 1.44. The van der Waals surface area contributed by atoms with Crippen LogP contribution < -0.4 is 15.5 Å². The SMILES string of the molecule is COCCNC(=O)c1cc(CN2CCOCC2)ccc1NC(=O)c1csc(N2CCOCC2)n1. The fourth-order valence-corrected chi connectivity index (χ4v) is 4.68. The average molecular weight is 490 g/mol. The zero-order valence-corrected chi connectivity index (χ0v) is 20.2. The number of thiazole rings is 1. The fraction of sp³-hybridized carbons (Fsp3) is 0.522. The molecule has 0 saturated carbocycles. The highest BCUT2D eigenvalue weighted by atomic mass is 32.1. The molecule has 0 atom stereocenters. The third kappa shape index (κ3) is 6.51. The topological polar surface area (TPSA) is 105 Å². The highest BCUT2D eigenvalue weighted by molar-refractivity contribution is 7.14. The molecule has 4 rings (SSSR count). The van der Waals surface area contributed by atoms with E-state index in [4.69, 9.17) is 14.2 Å². The van der Waals surface area contributed by atoms with E-state index in [0.29, 0.717) is 63.1 Å². The van der Waals surface area contributed by atoms with Gasteiger partial charge in [0.05, 0.1) is 44.3 Å². The molecule has 0 spiro atoms. The van der Waals surface area contributed by atoms with Crippen LogP contribution in [0.5, 0.6) is 0 Å². The molecule has 2 saturated heterocycles. The summed E-state index contributed by atoms with van der Waals surface area (Å²) in [6.45, 7) is 7.43. The number of carbonyl (C=O) groups is 2. The van der Waals surface area contributed by atoms with Gasteiger partial charge in [0, 0.05) is 51.8 Å². The third-order valence-corrected chi connectivity index (χ3v) is 6.59. The van der Waals surface area contributed by atoms with Gasteiger partial charge < -0.3 is 29.7 Å². The second kappa shape index (κ2) is 12.2. The number of rotatable bonds is 9. The van der Waals surface area contributed by atoms with Crippen molar-refractivity contribution in [2.75, 3.05) is 83.1 Å². The molecule has 10 nitrogen and oxygen atoms in total. The minimum atomic E-state index is -0.345. The van der Waals surface area contributed by atoms with Gasteiger partial charge in [-0.1, -0.05) is 6.07 Å². The monoisotopic (exact) mass is 489 g/mol. The summed E-state index contributed by atoms with van der Waals surface area (Å²) < 4.78 is 15.8. The van der Waals surface area contributed by atoms with Crippen molar-refractivity contribution in [3.05, 3.63) is 40.4 Å². The first kappa shape index (κ1) is 24.6. The van der Waals surface area contributed by atoms with Crippen LogP contribution in [0.25, 0.3) is 0 Å². The molecular formula is C23H31N5O5S. The zero-order chi connectivity index (χ0) is 23.8. The van der Waals surface area contributed by atoms with Gasteiger partial charge in [0.25, 0.3) is 11.8 Å². The molecule has 0 aliphatic carbocycles. The molecule has 34 heavy (non-hydrogen) atoms. The maximum absolute atomic E-state index is 13.0. The Labute approximate surface area is 203 Å². The minimum absolute atomic E-state index is 0.261. The van der Waals surface area contributed by atoms with Crippen molar-refractivity contribution in [2.24, 2.45) is 0 Å². The molecule has 2 fully saturated rings. The first-order chi connectivity index (χ1) is 16.6. The number of hydrogen-bond donors (Lipinski definition) is 2. The van der Waals surface area contributed by atoms with Gasteiger partial charge in [0.15, 0.2) is 5.13 Å². The molecule has 2 aromatic rings. The number of morpholine rings is 2. The minimum Gasteiger partial charge on any atom is -0.383 e. The van der Waals surface area contributed by atoms with Crippen LogP contribution >= 0.6 is 11.3 Å². The quantitative estimate of drug-likeness (QED) is 0.510. The van der Waals surface area contributed by atoms with Crippen molar-refractivity contribution >= 4 is 34.0 Å². The van der Waals surface area contributed by atoms with E-state index in [9.17, 15) is 9.59 Å². The molecule has 2 aliphatic heterocycles. The van der Waals surface area contributed by atoms with Crippen molar-refractivity contribution in [1.29, 1.82) is 0 Å². The van der Waals surface area contributed by atoms with Crippen LogP contribution in [0.4, 0.5) is 10.8 Å². The number of amides is 2. The van der Waals surface area contributed by atoms with E-state index in [1.807, 2.05) is 12.1 Å². The average Bonchev–Trinajstić information content (AvgIpc) is 3.37. The number of nitrogens with zero attached hydrogens (tertiary/aromatic N) is 3. The Morgan fingerprint density at radius 3 is 2.56 bits per heavy atom. The smallest absolute Gasteiger partial charge is 0.275 e. The van der Waals surface area contributed by atoms with Crippen LogP contribution in [-0.2, 0) is 20.8 Å². The Kier molecular flexibility index (Phi) is 8.83. The Morgan fingerprint density at radius 2 is 1.82 bits per heavy atom. The molecule has 1 aromatic heterocycles. The number of benzene rings is 1. The second-order valence-corrected chi connectivity index (χ2v) is 8.92. The Bertz CT molecular complexity index is 972. The molecule has 0 radical (unpaired) electrons. The molecule has 2 aliphatic rings. The number of aromatic nitrogens is 1. The Balaban J connectivity index is 1.48. The van der Waals surface area contributed by atoms with E-state index in [2.05, 4.69) is 25.4 Å². The van der Waals surface area contributed by atoms with E-state index in [1.165, 1.54) is 11.3 Å². The summed E-state index contributed by atoms with van der Waals surface area (Å²) >= 11 is 1.43. The summed E-state index contributed by atoms with van der Waals surface area (Å²) in [5.74, 6) is -0.605. The van der Waals surface area contributed by atoms with E-state index < -0.39 is 0 Å². The van der Waals surface area contributed by atoms with Crippen LogP contribution in [0.15, 0.2) is 23.6 Å². The van der Waals surface area contributed by atoms with Crippen molar-refractivity contribution in [1.82, 2.24) is 15.2 Å². The number of ether oxygens (including phenoxy) is 3. The lowest BCUT2D eigenvalue weighted by atomic mass is 10.1. The number of methoxy groups -OCH3 is 1. The van der Waals surface area contributed by atoms with Crippen LogP contribution in [0.1, 0.15) is 26.4 Å². The molecular weight excluding hydrogens is 458 g/mol. The lowest BCUT2D eigenvalue weighted by Gasteiger charge is -2.26. The maximum Gasteiger partial charge on any atom is 0.275 e. The maximum atomic E-state index is 13.0. The molecule has 3 heterocycles. The first-order valence-corrected chi connectivity index (χ1v) is 12.3. The number of carbonyl (C=O) groups excluding carboxylic acids is 2. The molecule has 0 bridgehead atoms. The summed E-state index contributed by atoms with van der Waals surface area (Å²) in [4.78, 5) is 34.8. The van der Waals surface area contributed by atoms with E-state index >= 15 is 0 Å². The third-order valence-electron chi connectivity index (χ3n) is 5.68. The van der Waals surface area contributed by atoms with Gasteiger partial charge in [-0.05, 0) is 17.7 Å². The van der Waals surface area contributed by atoms with Gasteiger partial charge in [0.1, 0.15) is 5.69 Å². The number of anilines is 2. The zero-order valence-electron chi connectivity index (χ0n) is 19.4. The summed E-state index contributed by atoms with van der Waals surface area (Å²) in [5.41, 5.74) is 2.19. The van der Waals surface area contributed by atoms with E-state index in [-0.39, 0.29) is 11.8 Å². The molecule has 2 N–H and O–H groups in total.